The summed E-state index contributed by atoms with van der Waals surface area (Å²) in [6.07, 6.45) is 1.01. The molecular weight excluding hydrogens is 394 g/mol. The summed E-state index contributed by atoms with van der Waals surface area (Å²) in [4.78, 5) is 14.7. The molecule has 0 radical (unpaired) electrons. The zero-order chi connectivity index (χ0) is 21.4. The second kappa shape index (κ2) is 9.87. The second-order valence-corrected chi connectivity index (χ2v) is 8.49. The number of benzene rings is 2. The van der Waals surface area contributed by atoms with Crippen molar-refractivity contribution in [3.05, 3.63) is 63.7 Å². The molecule has 2 aromatic rings. The lowest BCUT2D eigenvalue weighted by atomic mass is 10.1. The highest BCUT2D eigenvalue weighted by Crippen LogP contribution is 2.27. The quantitative estimate of drug-likeness (QED) is 0.197. The van der Waals surface area contributed by atoms with Gasteiger partial charge >= 0.3 is 0 Å². The maximum absolute atomic E-state index is 11.6. The van der Waals surface area contributed by atoms with Gasteiger partial charge in [-0.15, -0.1) is 0 Å². The minimum absolute atomic E-state index is 0.0893. The van der Waals surface area contributed by atoms with Gasteiger partial charge in [-0.25, -0.2) is 8.42 Å². The Morgan fingerprint density at radius 3 is 2.38 bits per heavy atom. The van der Waals surface area contributed by atoms with Crippen molar-refractivity contribution in [3.63, 3.8) is 0 Å². The third-order valence-electron chi connectivity index (χ3n) is 4.13. The zero-order valence-electron chi connectivity index (χ0n) is 16.6. The van der Waals surface area contributed by atoms with Crippen LogP contribution in [-0.2, 0) is 16.4 Å². The number of hydrogen-bond donors (Lipinski definition) is 3. The molecule has 0 bridgehead atoms. The molecular formula is C19H25N5O4S. The van der Waals surface area contributed by atoms with Crippen LogP contribution in [0.1, 0.15) is 11.1 Å². The lowest BCUT2D eigenvalue weighted by Crippen LogP contribution is -2.39. The Morgan fingerprint density at radius 1 is 1.10 bits per heavy atom. The van der Waals surface area contributed by atoms with Crippen LogP contribution in [0.2, 0.25) is 0 Å². The van der Waals surface area contributed by atoms with E-state index < -0.39 is 14.8 Å². The number of nitro benzene ring substituents is 1. The summed E-state index contributed by atoms with van der Waals surface area (Å²) in [5, 5.41) is 20.5. The van der Waals surface area contributed by atoms with E-state index in [-0.39, 0.29) is 16.3 Å². The molecule has 2 rings (SSSR count). The van der Waals surface area contributed by atoms with Crippen LogP contribution in [0, 0.1) is 17.0 Å². The van der Waals surface area contributed by atoms with Crippen molar-refractivity contribution < 1.29 is 13.3 Å². The Bertz CT molecular complexity index is 988. The first-order chi connectivity index (χ1) is 13.7. The molecule has 0 unspecified atom stereocenters. The van der Waals surface area contributed by atoms with Crippen molar-refractivity contribution >= 4 is 27.2 Å². The fourth-order valence-electron chi connectivity index (χ4n) is 2.53. The van der Waals surface area contributed by atoms with E-state index >= 15 is 0 Å². The summed E-state index contributed by atoms with van der Waals surface area (Å²) in [5.74, 6) is 0.606. The third kappa shape index (κ3) is 6.75. The maximum Gasteiger partial charge on any atom is 0.293 e. The lowest BCUT2D eigenvalue weighted by molar-refractivity contribution is -0.384. The largest absolute Gasteiger partial charge is 0.378 e. The van der Waals surface area contributed by atoms with Crippen molar-refractivity contribution in [1.29, 1.82) is 0 Å². The van der Waals surface area contributed by atoms with E-state index in [1.165, 1.54) is 17.7 Å². The van der Waals surface area contributed by atoms with E-state index in [0.29, 0.717) is 25.6 Å². The van der Waals surface area contributed by atoms with Crippen LogP contribution in [0.4, 0.5) is 11.4 Å². The molecule has 0 aliphatic carbocycles. The van der Waals surface area contributed by atoms with Crippen molar-refractivity contribution in [1.82, 2.24) is 10.6 Å². The molecule has 0 saturated heterocycles. The van der Waals surface area contributed by atoms with Gasteiger partial charge in [0.1, 0.15) is 5.69 Å². The predicted octanol–water partition coefficient (Wildman–Crippen LogP) is 2.08. The van der Waals surface area contributed by atoms with Crippen molar-refractivity contribution in [2.75, 3.05) is 31.7 Å². The number of guanidine groups is 1. The molecule has 2 aromatic carbocycles. The molecule has 0 saturated carbocycles. The summed E-state index contributed by atoms with van der Waals surface area (Å²) >= 11 is 0. The van der Waals surface area contributed by atoms with Crippen molar-refractivity contribution in [3.8, 4) is 0 Å². The number of sulfone groups is 1. The Morgan fingerprint density at radius 2 is 1.79 bits per heavy atom. The standard InChI is InChI=1S/C19H25N5O4S/c1-14-4-6-15(7-5-14)13-23-19(20-2)22-11-10-21-17-9-8-16(29(3,27)28)12-18(17)24(25)26/h4-9,12,21H,10-11,13H2,1-3H3,(H2,20,22,23). The van der Waals surface area contributed by atoms with E-state index in [9.17, 15) is 18.5 Å². The summed E-state index contributed by atoms with van der Waals surface area (Å²) in [5.41, 5.74) is 2.29. The normalized spacial score (nSPS) is 11.8. The van der Waals surface area contributed by atoms with E-state index in [4.69, 9.17) is 0 Å². The molecule has 0 aliphatic rings. The van der Waals surface area contributed by atoms with Gasteiger partial charge in [-0.1, -0.05) is 29.8 Å². The fourth-order valence-corrected chi connectivity index (χ4v) is 3.17. The third-order valence-corrected chi connectivity index (χ3v) is 5.24. The van der Waals surface area contributed by atoms with Gasteiger partial charge in [0.2, 0.25) is 0 Å². The van der Waals surface area contributed by atoms with Gasteiger partial charge in [0, 0.05) is 39.0 Å². The molecule has 9 nitrogen and oxygen atoms in total. The Labute approximate surface area is 170 Å². The Kier molecular flexibility index (Phi) is 7.54. The molecule has 0 fully saturated rings. The average Bonchev–Trinajstić information content (AvgIpc) is 2.67. The Hall–Kier alpha value is -3.14. The topological polar surface area (TPSA) is 126 Å². The highest BCUT2D eigenvalue weighted by atomic mass is 32.2. The molecule has 0 heterocycles. The number of anilines is 1. The Balaban J connectivity index is 1.88. The number of aliphatic imine (C=N–C) groups is 1. The first-order valence-corrected chi connectivity index (χ1v) is 10.8. The highest BCUT2D eigenvalue weighted by molar-refractivity contribution is 7.90. The van der Waals surface area contributed by atoms with Gasteiger partial charge in [0.25, 0.3) is 5.69 Å². The van der Waals surface area contributed by atoms with Gasteiger partial charge in [-0.05, 0) is 24.6 Å². The van der Waals surface area contributed by atoms with Crippen molar-refractivity contribution in [2.45, 2.75) is 18.4 Å². The van der Waals surface area contributed by atoms with Crippen LogP contribution >= 0.6 is 0 Å². The molecule has 156 valence electrons. The molecule has 3 N–H and O–H groups in total. The number of nitrogens with one attached hydrogen (secondary N) is 3. The van der Waals surface area contributed by atoms with Crippen LogP contribution < -0.4 is 16.0 Å². The summed E-state index contributed by atoms with van der Waals surface area (Å²) in [7, 11) is -1.86. The monoisotopic (exact) mass is 419 g/mol. The van der Waals surface area contributed by atoms with Gasteiger partial charge in [-0.2, -0.15) is 0 Å². The summed E-state index contributed by atoms with van der Waals surface area (Å²) in [6, 6.07) is 12.0. The van der Waals surface area contributed by atoms with E-state index in [1.54, 1.807) is 7.05 Å². The van der Waals surface area contributed by atoms with Crippen LogP contribution in [0.3, 0.4) is 0 Å². The molecule has 0 aromatic heterocycles. The molecule has 0 amide bonds. The second-order valence-electron chi connectivity index (χ2n) is 6.47. The molecule has 29 heavy (non-hydrogen) atoms. The van der Waals surface area contributed by atoms with Crippen LogP contribution in [0.5, 0.6) is 0 Å². The van der Waals surface area contributed by atoms with Crippen LogP contribution in [-0.4, -0.2) is 45.7 Å². The molecule has 0 aliphatic heterocycles. The van der Waals surface area contributed by atoms with Gasteiger partial charge in [0.05, 0.1) is 9.82 Å². The number of hydrogen-bond acceptors (Lipinski definition) is 6. The first-order valence-electron chi connectivity index (χ1n) is 8.93. The predicted molar refractivity (Wildman–Crippen MR) is 114 cm³/mol. The van der Waals surface area contributed by atoms with Crippen LogP contribution in [0.15, 0.2) is 52.4 Å². The van der Waals surface area contributed by atoms with E-state index in [0.717, 1.165) is 17.9 Å². The fraction of sp³-hybridized carbons (Fsp3) is 0.316. The van der Waals surface area contributed by atoms with Gasteiger partial charge < -0.3 is 16.0 Å². The van der Waals surface area contributed by atoms with E-state index in [1.807, 2.05) is 31.2 Å². The zero-order valence-corrected chi connectivity index (χ0v) is 17.4. The minimum atomic E-state index is -3.52. The number of nitro groups is 1. The first kappa shape index (κ1) is 22.2. The van der Waals surface area contributed by atoms with Gasteiger partial charge in [0.15, 0.2) is 15.8 Å². The van der Waals surface area contributed by atoms with Crippen LogP contribution in [0.25, 0.3) is 0 Å². The minimum Gasteiger partial charge on any atom is -0.378 e. The molecule has 10 heteroatoms. The average molecular weight is 420 g/mol. The summed E-state index contributed by atoms with van der Waals surface area (Å²) in [6.45, 7) is 3.48. The smallest absolute Gasteiger partial charge is 0.293 e. The number of aryl methyl sites for hydroxylation is 1. The summed E-state index contributed by atoms with van der Waals surface area (Å²) < 4.78 is 23.2. The number of nitrogens with zero attached hydrogens (tertiary/aromatic N) is 2. The maximum atomic E-state index is 11.6. The molecule has 0 atom stereocenters. The van der Waals surface area contributed by atoms with Gasteiger partial charge in [-0.3, -0.25) is 15.1 Å². The van der Waals surface area contributed by atoms with Crippen molar-refractivity contribution in [2.24, 2.45) is 4.99 Å². The lowest BCUT2D eigenvalue weighted by Gasteiger charge is -2.13. The molecule has 0 spiro atoms. The SMILES string of the molecule is CN=C(NCCNc1ccc(S(C)(=O)=O)cc1[N+](=O)[O-])NCc1ccc(C)cc1. The van der Waals surface area contributed by atoms with E-state index in [2.05, 4.69) is 20.9 Å². The number of rotatable bonds is 8. The highest BCUT2D eigenvalue weighted by Gasteiger charge is 2.18.